The van der Waals surface area contributed by atoms with Crippen molar-refractivity contribution in [3.05, 3.63) is 22.9 Å². The first kappa shape index (κ1) is 9.37. The number of nitrogens with zero attached hydrogens (tertiary/aromatic N) is 1. The second-order valence-corrected chi connectivity index (χ2v) is 1.92. The van der Waals surface area contributed by atoms with Gasteiger partial charge in [-0.15, -0.1) is 0 Å². The fraction of sp³-hybridized carbons (Fsp3) is 0.286. The molecule has 0 heterocycles. The van der Waals surface area contributed by atoms with Gasteiger partial charge >= 0.3 is 0 Å². The second-order valence-electron chi connectivity index (χ2n) is 1.92. The first-order chi connectivity index (χ1) is 5.00. The van der Waals surface area contributed by atoms with Crippen molar-refractivity contribution in [1.82, 2.24) is 0 Å². The summed E-state index contributed by atoms with van der Waals surface area (Å²) < 4.78 is 0. The van der Waals surface area contributed by atoms with Crippen LogP contribution in [0, 0.1) is 6.57 Å². The zero-order chi connectivity index (χ0) is 9.02. The lowest BCUT2D eigenvalue weighted by Crippen LogP contribution is -2.04. The molecule has 0 aliphatic carbocycles. The molecule has 0 bridgehead atoms. The first-order valence-corrected chi connectivity index (χ1v) is 2.83. The molecule has 0 rings (SSSR count). The molecule has 0 aromatic rings. The van der Waals surface area contributed by atoms with Crippen molar-refractivity contribution in [3.8, 4) is 0 Å². The number of Topliss-reactive ketones (excluding diaryl/α,β-unsaturated/α-hetero) is 2. The number of hydrogen-bond donors (Lipinski definition) is 1. The van der Waals surface area contributed by atoms with Crippen LogP contribution in [-0.2, 0) is 9.59 Å². The van der Waals surface area contributed by atoms with Crippen LogP contribution >= 0.6 is 0 Å². The minimum Gasteiger partial charge on any atom is -0.516 e. The molecular formula is C7H7NO3. The highest BCUT2D eigenvalue weighted by Gasteiger charge is 2.13. The van der Waals surface area contributed by atoms with E-state index in [1.807, 2.05) is 0 Å². The van der Waals surface area contributed by atoms with Gasteiger partial charge in [-0.1, -0.05) is 0 Å². The van der Waals surface area contributed by atoms with E-state index in [1.165, 1.54) is 0 Å². The number of rotatable bonds is 2. The summed E-state index contributed by atoms with van der Waals surface area (Å²) >= 11 is 0. The van der Waals surface area contributed by atoms with E-state index in [4.69, 9.17) is 11.7 Å². The van der Waals surface area contributed by atoms with Gasteiger partial charge in [-0.05, 0) is 6.92 Å². The molecule has 0 unspecified atom stereocenters. The summed E-state index contributed by atoms with van der Waals surface area (Å²) in [5.74, 6) is -2.04. The van der Waals surface area contributed by atoms with Gasteiger partial charge in [0, 0.05) is 6.92 Å². The second kappa shape index (κ2) is 3.52. The first-order valence-electron chi connectivity index (χ1n) is 2.83. The molecule has 11 heavy (non-hydrogen) atoms. The van der Waals surface area contributed by atoms with E-state index >= 15 is 0 Å². The summed E-state index contributed by atoms with van der Waals surface area (Å²) in [7, 11) is 0. The quantitative estimate of drug-likeness (QED) is 0.363. The van der Waals surface area contributed by atoms with Gasteiger partial charge in [0.05, 0.1) is 6.57 Å². The van der Waals surface area contributed by atoms with Crippen molar-refractivity contribution in [2.24, 2.45) is 0 Å². The monoisotopic (exact) mass is 153 g/mol. The third kappa shape index (κ3) is 2.22. The topological polar surface area (TPSA) is 58.7 Å². The third-order valence-corrected chi connectivity index (χ3v) is 1.00. The molecule has 0 aliphatic rings. The van der Waals surface area contributed by atoms with Crippen LogP contribution in [0.2, 0.25) is 0 Å². The summed E-state index contributed by atoms with van der Waals surface area (Å²) in [5.41, 5.74) is -0.502. The van der Waals surface area contributed by atoms with Crippen LogP contribution in [-0.4, -0.2) is 16.7 Å². The molecule has 4 heteroatoms. The van der Waals surface area contributed by atoms with Gasteiger partial charge in [0.25, 0.3) is 5.70 Å². The fourth-order valence-corrected chi connectivity index (χ4v) is 0.465. The van der Waals surface area contributed by atoms with E-state index in [1.54, 1.807) is 0 Å². The predicted molar refractivity (Wildman–Crippen MR) is 37.6 cm³/mol. The Balaban J connectivity index is 5.04. The van der Waals surface area contributed by atoms with Gasteiger partial charge in [0.2, 0.25) is 0 Å². The SMILES string of the molecule is [C-]#[N+]/C(C(C)=O)=C(/O)C(C)=O. The molecule has 0 atom stereocenters. The average molecular weight is 153 g/mol. The number of aliphatic hydroxyl groups excluding tert-OH is 1. The van der Waals surface area contributed by atoms with E-state index in [-0.39, 0.29) is 0 Å². The Morgan fingerprint density at radius 2 is 1.73 bits per heavy atom. The Morgan fingerprint density at radius 1 is 1.27 bits per heavy atom. The molecule has 0 amide bonds. The van der Waals surface area contributed by atoms with E-state index < -0.39 is 23.0 Å². The zero-order valence-electron chi connectivity index (χ0n) is 6.21. The van der Waals surface area contributed by atoms with Crippen LogP contribution in [0.4, 0.5) is 0 Å². The maximum atomic E-state index is 10.5. The molecule has 0 saturated carbocycles. The lowest BCUT2D eigenvalue weighted by Gasteiger charge is -1.94. The Hall–Kier alpha value is -1.63. The maximum Gasteiger partial charge on any atom is 0.273 e. The third-order valence-electron chi connectivity index (χ3n) is 1.00. The Morgan fingerprint density at radius 3 is 1.82 bits per heavy atom. The molecule has 0 spiro atoms. The van der Waals surface area contributed by atoms with Gasteiger partial charge < -0.3 is 9.90 Å². The number of allylic oxidation sites excluding steroid dienone is 2. The van der Waals surface area contributed by atoms with Crippen LogP contribution in [0.1, 0.15) is 13.8 Å². The predicted octanol–water partition coefficient (Wildman–Crippen LogP) is 0.853. The normalized spacial score (nSPS) is 11.4. The van der Waals surface area contributed by atoms with E-state index in [0.29, 0.717) is 0 Å². The lowest BCUT2D eigenvalue weighted by atomic mass is 10.2. The number of carbonyl (C=O) groups is 2. The van der Waals surface area contributed by atoms with Crippen LogP contribution in [0.3, 0.4) is 0 Å². The molecule has 58 valence electrons. The summed E-state index contributed by atoms with van der Waals surface area (Å²) in [6, 6.07) is 0. The highest BCUT2D eigenvalue weighted by Crippen LogP contribution is 2.05. The Bertz CT molecular complexity index is 270. The number of aliphatic hydroxyl groups is 1. The van der Waals surface area contributed by atoms with Crippen molar-refractivity contribution in [1.29, 1.82) is 0 Å². The number of carbonyl (C=O) groups excluding carboxylic acids is 2. The van der Waals surface area contributed by atoms with E-state index in [2.05, 4.69) is 4.85 Å². The van der Waals surface area contributed by atoms with Crippen LogP contribution < -0.4 is 0 Å². The molecule has 0 fully saturated rings. The number of ketones is 2. The van der Waals surface area contributed by atoms with Gasteiger partial charge in [0.15, 0.2) is 17.3 Å². The lowest BCUT2D eigenvalue weighted by molar-refractivity contribution is -0.117. The maximum absolute atomic E-state index is 10.5. The highest BCUT2D eigenvalue weighted by atomic mass is 16.3. The summed E-state index contributed by atoms with van der Waals surface area (Å²) in [4.78, 5) is 23.7. The van der Waals surface area contributed by atoms with Crippen LogP contribution in [0.5, 0.6) is 0 Å². The van der Waals surface area contributed by atoms with Crippen molar-refractivity contribution in [2.45, 2.75) is 13.8 Å². The minimum atomic E-state index is -0.757. The van der Waals surface area contributed by atoms with Crippen LogP contribution in [0.15, 0.2) is 11.5 Å². The summed E-state index contributed by atoms with van der Waals surface area (Å²) in [6.45, 7) is 8.65. The van der Waals surface area contributed by atoms with E-state index in [0.717, 1.165) is 13.8 Å². The van der Waals surface area contributed by atoms with Gasteiger partial charge in [-0.25, -0.2) is 4.85 Å². The molecule has 1 N–H and O–H groups in total. The molecule has 0 radical (unpaired) electrons. The van der Waals surface area contributed by atoms with Gasteiger partial charge in [-0.2, -0.15) is 0 Å². The average Bonchev–Trinajstić information content (AvgIpc) is 1.88. The fourth-order valence-electron chi connectivity index (χ4n) is 0.465. The molecule has 0 aliphatic heterocycles. The molecular weight excluding hydrogens is 146 g/mol. The van der Waals surface area contributed by atoms with Crippen molar-refractivity contribution >= 4 is 11.6 Å². The van der Waals surface area contributed by atoms with E-state index in [9.17, 15) is 9.59 Å². The smallest absolute Gasteiger partial charge is 0.273 e. The van der Waals surface area contributed by atoms with Crippen molar-refractivity contribution in [2.75, 3.05) is 0 Å². The Kier molecular flexibility index (Phi) is 3.00. The molecule has 0 aromatic heterocycles. The molecule has 4 nitrogen and oxygen atoms in total. The van der Waals surface area contributed by atoms with Crippen molar-refractivity contribution < 1.29 is 14.7 Å². The minimum absolute atomic E-state index is 0.502. The zero-order valence-corrected chi connectivity index (χ0v) is 6.21. The molecule has 0 aromatic carbocycles. The highest BCUT2D eigenvalue weighted by molar-refractivity contribution is 6.04. The summed E-state index contributed by atoms with van der Waals surface area (Å²) in [5, 5.41) is 8.85. The van der Waals surface area contributed by atoms with Crippen LogP contribution in [0.25, 0.3) is 4.85 Å². The van der Waals surface area contributed by atoms with Gasteiger partial charge in [0.1, 0.15) is 0 Å². The largest absolute Gasteiger partial charge is 0.516 e. The number of hydrogen-bond acceptors (Lipinski definition) is 3. The van der Waals surface area contributed by atoms with Gasteiger partial charge in [-0.3, -0.25) is 4.79 Å². The standard InChI is InChI=1S/C7H7NO3/c1-4(9)6(8-3)7(11)5(2)10/h11H,1-2H3/b7-6+. The summed E-state index contributed by atoms with van der Waals surface area (Å²) in [6.07, 6.45) is 0. The Labute approximate surface area is 64.0 Å². The van der Waals surface area contributed by atoms with Crippen molar-refractivity contribution in [3.63, 3.8) is 0 Å². The molecule has 0 saturated heterocycles.